The molecule has 26 heavy (non-hydrogen) atoms. The smallest absolute Gasteiger partial charge is 0.257 e. The minimum Gasteiger partial charge on any atom is -0.496 e. The predicted molar refractivity (Wildman–Crippen MR) is 109 cm³/mol. The molecule has 1 fully saturated rings. The molecule has 2 aromatic rings. The van der Waals surface area contributed by atoms with Crippen LogP contribution in [0, 0.1) is 3.57 Å². The lowest BCUT2D eigenvalue weighted by Gasteiger charge is -2.35. The van der Waals surface area contributed by atoms with Crippen molar-refractivity contribution in [3.05, 3.63) is 62.2 Å². The molecule has 0 radical (unpaired) electrons. The van der Waals surface area contributed by atoms with Gasteiger partial charge in [-0.1, -0.05) is 23.7 Å². The summed E-state index contributed by atoms with van der Waals surface area (Å²) in [5.74, 6) is 0.366. The number of halogens is 2. The van der Waals surface area contributed by atoms with Gasteiger partial charge < -0.3 is 14.5 Å². The van der Waals surface area contributed by atoms with Crippen molar-refractivity contribution in [1.29, 1.82) is 0 Å². The maximum Gasteiger partial charge on any atom is 0.257 e. The van der Waals surface area contributed by atoms with E-state index in [0.29, 0.717) is 48.1 Å². The highest BCUT2D eigenvalue weighted by atomic mass is 127. The van der Waals surface area contributed by atoms with E-state index >= 15 is 0 Å². The third kappa shape index (κ3) is 3.96. The fraction of sp³-hybridized carbons (Fsp3) is 0.263. The van der Waals surface area contributed by atoms with E-state index in [4.69, 9.17) is 16.3 Å². The van der Waals surface area contributed by atoms with E-state index in [1.165, 1.54) is 7.11 Å². The quantitative estimate of drug-likeness (QED) is 0.626. The van der Waals surface area contributed by atoms with Crippen LogP contribution in [0.5, 0.6) is 5.75 Å². The molecule has 136 valence electrons. The van der Waals surface area contributed by atoms with Gasteiger partial charge in [0.25, 0.3) is 11.8 Å². The fourth-order valence-corrected chi connectivity index (χ4v) is 3.73. The number of nitrogens with zero attached hydrogens (tertiary/aromatic N) is 2. The molecule has 1 heterocycles. The minimum absolute atomic E-state index is 0.00225. The maximum absolute atomic E-state index is 12.8. The number of carbonyl (C=O) groups excluding carboxylic acids is 2. The van der Waals surface area contributed by atoms with E-state index in [-0.39, 0.29) is 11.8 Å². The molecule has 1 aliphatic rings. The van der Waals surface area contributed by atoms with Crippen molar-refractivity contribution in [2.75, 3.05) is 33.3 Å². The van der Waals surface area contributed by atoms with Crippen LogP contribution in [-0.4, -0.2) is 54.9 Å². The first-order valence-electron chi connectivity index (χ1n) is 8.18. The Morgan fingerprint density at radius 2 is 1.54 bits per heavy atom. The largest absolute Gasteiger partial charge is 0.496 e. The summed E-state index contributed by atoms with van der Waals surface area (Å²) in [4.78, 5) is 29.0. The zero-order chi connectivity index (χ0) is 18.7. The number of carbonyl (C=O) groups is 2. The van der Waals surface area contributed by atoms with Crippen molar-refractivity contribution in [2.45, 2.75) is 0 Å². The Hall–Kier alpha value is -1.80. The third-order valence-electron chi connectivity index (χ3n) is 4.35. The number of methoxy groups -OCH3 is 1. The lowest BCUT2D eigenvalue weighted by Crippen LogP contribution is -2.50. The Kier molecular flexibility index (Phi) is 6.03. The molecule has 3 rings (SSSR count). The first kappa shape index (κ1) is 19.0. The summed E-state index contributed by atoms with van der Waals surface area (Å²) < 4.78 is 6.20. The van der Waals surface area contributed by atoms with Gasteiger partial charge >= 0.3 is 0 Å². The van der Waals surface area contributed by atoms with Gasteiger partial charge in [0.1, 0.15) is 5.75 Å². The number of hydrogen-bond acceptors (Lipinski definition) is 3. The second kappa shape index (κ2) is 8.26. The first-order valence-corrected chi connectivity index (χ1v) is 9.63. The molecule has 0 saturated carbocycles. The molecule has 5 nitrogen and oxygen atoms in total. The van der Waals surface area contributed by atoms with Gasteiger partial charge in [-0.25, -0.2) is 0 Å². The van der Waals surface area contributed by atoms with Crippen molar-refractivity contribution in [2.24, 2.45) is 0 Å². The fourth-order valence-electron chi connectivity index (χ4n) is 2.94. The lowest BCUT2D eigenvalue weighted by molar-refractivity contribution is 0.0533. The Balaban J connectivity index is 1.69. The minimum atomic E-state index is -0.134. The van der Waals surface area contributed by atoms with Gasteiger partial charge in [0, 0.05) is 34.8 Å². The summed E-state index contributed by atoms with van der Waals surface area (Å²) >= 11 is 8.19. The van der Waals surface area contributed by atoms with Gasteiger partial charge in [0.2, 0.25) is 0 Å². The van der Waals surface area contributed by atoms with E-state index in [9.17, 15) is 9.59 Å². The van der Waals surface area contributed by atoms with Crippen LogP contribution in [0.1, 0.15) is 20.7 Å². The molecule has 1 aliphatic heterocycles. The second-order valence-electron chi connectivity index (χ2n) is 5.91. The monoisotopic (exact) mass is 484 g/mol. The van der Waals surface area contributed by atoms with Crippen LogP contribution in [0.15, 0.2) is 42.5 Å². The molecule has 0 unspecified atom stereocenters. The Bertz CT molecular complexity index is 835. The molecule has 0 spiro atoms. The molecule has 0 atom stereocenters. The van der Waals surface area contributed by atoms with E-state index in [0.717, 1.165) is 3.57 Å². The van der Waals surface area contributed by atoms with Gasteiger partial charge in [-0.15, -0.1) is 0 Å². The van der Waals surface area contributed by atoms with Gasteiger partial charge in [-0.2, -0.15) is 0 Å². The predicted octanol–water partition coefficient (Wildman–Crippen LogP) is 3.55. The number of benzene rings is 2. The molecular weight excluding hydrogens is 467 g/mol. The van der Waals surface area contributed by atoms with E-state index < -0.39 is 0 Å². The van der Waals surface area contributed by atoms with Gasteiger partial charge in [-0.3, -0.25) is 9.59 Å². The average molecular weight is 485 g/mol. The zero-order valence-corrected chi connectivity index (χ0v) is 17.2. The zero-order valence-electron chi connectivity index (χ0n) is 14.2. The highest BCUT2D eigenvalue weighted by Crippen LogP contribution is 2.25. The lowest BCUT2D eigenvalue weighted by atomic mass is 10.1. The summed E-state index contributed by atoms with van der Waals surface area (Å²) in [5.41, 5.74) is 1.14. The molecule has 1 saturated heterocycles. The van der Waals surface area contributed by atoms with E-state index in [1.807, 2.05) is 24.3 Å². The van der Waals surface area contributed by atoms with Crippen LogP contribution in [0.2, 0.25) is 5.02 Å². The maximum atomic E-state index is 12.8. The molecular formula is C19H18ClIN2O3. The summed E-state index contributed by atoms with van der Waals surface area (Å²) in [6.07, 6.45) is 0. The first-order chi connectivity index (χ1) is 12.5. The molecule has 2 aromatic carbocycles. The second-order valence-corrected chi connectivity index (χ2v) is 7.51. The van der Waals surface area contributed by atoms with Crippen LogP contribution in [0.3, 0.4) is 0 Å². The Morgan fingerprint density at radius 1 is 0.962 bits per heavy atom. The van der Waals surface area contributed by atoms with E-state index in [1.54, 1.807) is 28.0 Å². The van der Waals surface area contributed by atoms with Crippen LogP contribution < -0.4 is 4.74 Å². The van der Waals surface area contributed by atoms with Crippen molar-refractivity contribution in [1.82, 2.24) is 9.80 Å². The van der Waals surface area contributed by atoms with Crippen molar-refractivity contribution in [3.63, 3.8) is 0 Å². The number of amides is 2. The topological polar surface area (TPSA) is 49.9 Å². The molecule has 2 amide bonds. The number of hydrogen-bond donors (Lipinski definition) is 0. The van der Waals surface area contributed by atoms with Gasteiger partial charge in [0.05, 0.1) is 18.2 Å². The summed E-state index contributed by atoms with van der Waals surface area (Å²) in [5, 5.41) is 0.488. The number of piperazine rings is 1. The van der Waals surface area contributed by atoms with Crippen LogP contribution in [0.4, 0.5) is 0 Å². The molecule has 0 bridgehead atoms. The summed E-state index contributed by atoms with van der Waals surface area (Å²) in [7, 11) is 1.53. The van der Waals surface area contributed by atoms with Crippen LogP contribution >= 0.6 is 34.2 Å². The van der Waals surface area contributed by atoms with Crippen molar-refractivity contribution < 1.29 is 14.3 Å². The average Bonchev–Trinajstić information content (AvgIpc) is 2.67. The standard InChI is InChI=1S/C19H18ClIN2O3/c1-26-17-7-6-13(20)12-15(17)19(25)23-10-8-22(9-11-23)18(24)14-4-2-3-5-16(14)21/h2-7,12H,8-11H2,1H3. The number of rotatable bonds is 3. The van der Waals surface area contributed by atoms with Crippen molar-refractivity contribution >= 4 is 46.0 Å². The van der Waals surface area contributed by atoms with Crippen LogP contribution in [-0.2, 0) is 0 Å². The Morgan fingerprint density at radius 3 is 2.12 bits per heavy atom. The summed E-state index contributed by atoms with van der Waals surface area (Å²) in [6, 6.07) is 12.5. The molecule has 7 heteroatoms. The third-order valence-corrected chi connectivity index (χ3v) is 5.53. The van der Waals surface area contributed by atoms with Gasteiger partial charge in [-0.05, 0) is 52.9 Å². The normalized spacial score (nSPS) is 14.3. The Labute approximate surface area is 171 Å². The molecule has 0 N–H and O–H groups in total. The van der Waals surface area contributed by atoms with Crippen LogP contribution in [0.25, 0.3) is 0 Å². The van der Waals surface area contributed by atoms with Gasteiger partial charge in [0.15, 0.2) is 0 Å². The molecule has 0 aliphatic carbocycles. The SMILES string of the molecule is COc1ccc(Cl)cc1C(=O)N1CCN(C(=O)c2ccccc2I)CC1. The summed E-state index contributed by atoms with van der Waals surface area (Å²) in [6.45, 7) is 1.95. The van der Waals surface area contributed by atoms with Crippen molar-refractivity contribution in [3.8, 4) is 5.75 Å². The van der Waals surface area contributed by atoms with E-state index in [2.05, 4.69) is 22.6 Å². The molecule has 0 aromatic heterocycles. The highest BCUT2D eigenvalue weighted by molar-refractivity contribution is 14.1. The number of ether oxygens (including phenoxy) is 1. The highest BCUT2D eigenvalue weighted by Gasteiger charge is 2.27.